The summed E-state index contributed by atoms with van der Waals surface area (Å²) in [7, 11) is 0. The van der Waals surface area contributed by atoms with Gasteiger partial charge in [-0.2, -0.15) is 0 Å². The number of hydrogen-bond acceptors (Lipinski definition) is 4. The fraction of sp³-hybridized carbons (Fsp3) is 0.0784. The molecule has 0 atom stereocenters. The van der Waals surface area contributed by atoms with Crippen LogP contribution >= 0.6 is 0 Å². The standard InChI is InChI=1S/C34H27N2O.C17H12N.Ir/c1-21-6-5-7-25(16-21)29-12-10-27(32-17-22(2)14-15-35-32)19-31(29)26-11-13-33-30(18-26)24(4)34(37-33)28-9-8-23(3)36-20-28;1-2-8-14(9-3-1)15-10-4-5-11-16(15)17-12-6-7-13-18-17;/h5-9,11-20H,1-4H3;1-10,12-13H;/q2*-1;. The Balaban J connectivity index is 0.000000212. The largest absolute Gasteiger partial charge is 0.456 e. The zero-order valence-corrected chi connectivity index (χ0v) is 34.1. The summed E-state index contributed by atoms with van der Waals surface area (Å²) < 4.78 is 6.30. The second-order valence-electron chi connectivity index (χ2n) is 13.8. The monoisotopic (exact) mass is 902 g/mol. The van der Waals surface area contributed by atoms with Gasteiger partial charge in [-0.05, 0) is 81.0 Å². The first-order chi connectivity index (χ1) is 26.9. The molecule has 0 N–H and O–H groups in total. The van der Waals surface area contributed by atoms with Gasteiger partial charge in [-0.15, -0.1) is 53.6 Å². The van der Waals surface area contributed by atoms with E-state index in [1.165, 1.54) is 22.3 Å². The molecule has 0 aliphatic rings. The summed E-state index contributed by atoms with van der Waals surface area (Å²) in [6, 6.07) is 56.7. The van der Waals surface area contributed by atoms with Gasteiger partial charge in [-0.25, -0.2) is 0 Å². The summed E-state index contributed by atoms with van der Waals surface area (Å²) in [5.74, 6) is 0.865. The van der Waals surface area contributed by atoms with Gasteiger partial charge in [0, 0.05) is 60.9 Å². The SMILES string of the molecule is Cc1cccc(-c2c[c-]c(-c3cc(C)ccn3)cc2-c2ccc3oc(-c4ccc(C)nc4)c(C)c3c2)c1.[Ir].[c-]1cccc(-c2ccccc2)c1-c1ccccn1. The van der Waals surface area contributed by atoms with Crippen molar-refractivity contribution in [1.82, 2.24) is 15.0 Å². The smallest absolute Gasteiger partial charge is 0.139 e. The average molecular weight is 902 g/mol. The number of benzene rings is 5. The summed E-state index contributed by atoms with van der Waals surface area (Å²) in [5, 5.41) is 1.10. The molecule has 0 spiro atoms. The molecular formula is C51H39IrN3O-2. The first kappa shape index (κ1) is 38.0. The Bertz CT molecular complexity index is 2680. The van der Waals surface area contributed by atoms with Crippen molar-refractivity contribution in [3.05, 3.63) is 199 Å². The molecule has 0 saturated carbocycles. The topological polar surface area (TPSA) is 51.8 Å². The molecule has 5 heteroatoms. The molecule has 0 bridgehead atoms. The van der Waals surface area contributed by atoms with E-state index in [0.29, 0.717) is 0 Å². The number of furan rings is 1. The van der Waals surface area contributed by atoms with Gasteiger partial charge < -0.3 is 14.4 Å². The van der Waals surface area contributed by atoms with E-state index in [0.717, 1.165) is 78.3 Å². The molecule has 4 heterocycles. The number of pyridine rings is 3. The molecule has 0 unspecified atom stereocenters. The van der Waals surface area contributed by atoms with Crippen molar-refractivity contribution in [2.75, 3.05) is 0 Å². The van der Waals surface area contributed by atoms with Crippen molar-refractivity contribution < 1.29 is 24.5 Å². The Hall–Kier alpha value is -6.26. The third-order valence-corrected chi connectivity index (χ3v) is 9.75. The molecule has 1 radical (unpaired) electrons. The number of aromatic nitrogens is 3. The molecule has 4 aromatic heterocycles. The van der Waals surface area contributed by atoms with E-state index < -0.39 is 0 Å². The van der Waals surface area contributed by atoms with Crippen LogP contribution in [0.3, 0.4) is 0 Å². The minimum Gasteiger partial charge on any atom is -0.456 e. The molecule has 275 valence electrons. The van der Waals surface area contributed by atoms with Crippen LogP contribution in [0.4, 0.5) is 0 Å². The van der Waals surface area contributed by atoms with Crippen molar-refractivity contribution in [2.45, 2.75) is 27.7 Å². The zero-order chi connectivity index (χ0) is 37.7. The molecule has 0 aliphatic heterocycles. The fourth-order valence-corrected chi connectivity index (χ4v) is 6.90. The molecule has 9 aromatic rings. The van der Waals surface area contributed by atoms with Crippen molar-refractivity contribution in [3.8, 4) is 67.2 Å². The third-order valence-electron chi connectivity index (χ3n) is 9.75. The van der Waals surface area contributed by atoms with Crippen molar-refractivity contribution in [1.29, 1.82) is 0 Å². The summed E-state index contributed by atoms with van der Waals surface area (Å²) in [4.78, 5) is 13.5. The Morgan fingerprint density at radius 1 is 0.518 bits per heavy atom. The minimum absolute atomic E-state index is 0. The Morgan fingerprint density at radius 3 is 2.05 bits per heavy atom. The predicted octanol–water partition coefficient (Wildman–Crippen LogP) is 13.1. The third kappa shape index (κ3) is 8.21. The summed E-state index contributed by atoms with van der Waals surface area (Å²) in [5.41, 5.74) is 17.2. The Morgan fingerprint density at radius 2 is 1.29 bits per heavy atom. The Kier molecular flexibility index (Phi) is 11.6. The van der Waals surface area contributed by atoms with Crippen LogP contribution in [0.15, 0.2) is 169 Å². The van der Waals surface area contributed by atoms with Crippen LogP contribution in [0.1, 0.15) is 22.4 Å². The number of rotatable bonds is 6. The van der Waals surface area contributed by atoms with Crippen molar-refractivity contribution in [3.63, 3.8) is 0 Å². The van der Waals surface area contributed by atoms with Gasteiger partial charge in [0.2, 0.25) is 0 Å². The van der Waals surface area contributed by atoms with Crippen LogP contribution in [0.5, 0.6) is 0 Å². The van der Waals surface area contributed by atoms with Crippen LogP contribution in [-0.2, 0) is 20.1 Å². The van der Waals surface area contributed by atoms with E-state index in [4.69, 9.17) is 4.42 Å². The molecule has 0 aliphatic carbocycles. The number of fused-ring (bicyclic) bond motifs is 1. The van der Waals surface area contributed by atoms with E-state index in [1.54, 1.807) is 0 Å². The van der Waals surface area contributed by atoms with Crippen molar-refractivity contribution >= 4 is 11.0 Å². The van der Waals surface area contributed by atoms with Crippen molar-refractivity contribution in [2.24, 2.45) is 0 Å². The fourth-order valence-electron chi connectivity index (χ4n) is 6.90. The van der Waals surface area contributed by atoms with Gasteiger partial charge in [0.1, 0.15) is 11.3 Å². The van der Waals surface area contributed by atoms with Gasteiger partial charge in [0.15, 0.2) is 0 Å². The van der Waals surface area contributed by atoms with Crippen LogP contribution in [0, 0.1) is 39.8 Å². The van der Waals surface area contributed by atoms with Crippen LogP contribution in [0.25, 0.3) is 78.2 Å². The normalized spacial score (nSPS) is 10.7. The second-order valence-corrected chi connectivity index (χ2v) is 13.8. The molecule has 9 rings (SSSR count). The van der Waals surface area contributed by atoms with Gasteiger partial charge in [-0.1, -0.05) is 118 Å². The molecule has 5 aromatic carbocycles. The maximum absolute atomic E-state index is 6.30. The molecular weight excluding hydrogens is 863 g/mol. The molecule has 0 saturated heterocycles. The second kappa shape index (κ2) is 17.0. The molecule has 4 nitrogen and oxygen atoms in total. The van der Waals surface area contributed by atoms with Gasteiger partial charge in [0.05, 0.1) is 0 Å². The molecule has 56 heavy (non-hydrogen) atoms. The maximum atomic E-state index is 6.30. The first-order valence-corrected chi connectivity index (χ1v) is 18.4. The van der Waals surface area contributed by atoms with E-state index in [9.17, 15) is 0 Å². The first-order valence-electron chi connectivity index (χ1n) is 18.4. The number of nitrogens with zero attached hydrogens (tertiary/aromatic N) is 3. The van der Waals surface area contributed by atoms with Crippen LogP contribution in [-0.4, -0.2) is 15.0 Å². The van der Waals surface area contributed by atoms with Gasteiger partial charge in [-0.3, -0.25) is 4.98 Å². The van der Waals surface area contributed by atoms with Gasteiger partial charge in [0.25, 0.3) is 0 Å². The average Bonchev–Trinajstić information content (AvgIpc) is 3.57. The number of aryl methyl sites for hydroxylation is 4. The molecule has 0 fully saturated rings. The molecule has 0 amide bonds. The van der Waals surface area contributed by atoms with E-state index >= 15 is 0 Å². The number of hydrogen-bond donors (Lipinski definition) is 0. The summed E-state index contributed by atoms with van der Waals surface area (Å²) >= 11 is 0. The van der Waals surface area contributed by atoms with Crippen LogP contribution < -0.4 is 0 Å². The summed E-state index contributed by atoms with van der Waals surface area (Å²) in [6.45, 7) is 8.32. The Labute approximate surface area is 342 Å². The summed E-state index contributed by atoms with van der Waals surface area (Å²) in [6.07, 6.45) is 5.55. The van der Waals surface area contributed by atoms with E-state index in [1.807, 2.05) is 86.2 Å². The van der Waals surface area contributed by atoms with Gasteiger partial charge >= 0.3 is 0 Å². The minimum atomic E-state index is 0. The van der Waals surface area contributed by atoms with Crippen LogP contribution in [0.2, 0.25) is 0 Å². The zero-order valence-electron chi connectivity index (χ0n) is 31.7. The predicted molar refractivity (Wildman–Crippen MR) is 225 cm³/mol. The van der Waals surface area contributed by atoms with E-state index in [-0.39, 0.29) is 20.1 Å². The van der Waals surface area contributed by atoms with E-state index in [2.05, 4.69) is 133 Å². The quantitative estimate of drug-likeness (QED) is 0.156. The maximum Gasteiger partial charge on any atom is 0.139 e.